The number of carbonyl (C=O) groups is 1. The van der Waals surface area contributed by atoms with E-state index in [1.807, 2.05) is 19.9 Å². The Morgan fingerprint density at radius 3 is 3.14 bits per heavy atom. The number of carbonyl (C=O) groups excluding carboxylic acids is 1. The number of aromatic nitrogens is 1. The molecule has 0 spiro atoms. The van der Waals surface area contributed by atoms with Gasteiger partial charge in [-0.05, 0) is 25.5 Å². The highest BCUT2D eigenvalue weighted by molar-refractivity contribution is 5.93. The second-order valence-electron chi connectivity index (χ2n) is 2.67. The zero-order valence-electron chi connectivity index (χ0n) is 8.20. The Balaban J connectivity index is 2.47. The second kappa shape index (κ2) is 5.06. The average molecular weight is 195 g/mol. The summed E-state index contributed by atoms with van der Waals surface area (Å²) in [5.74, 6) is -0.275. The van der Waals surface area contributed by atoms with Gasteiger partial charge in [0.1, 0.15) is 5.69 Å². The molecule has 1 aromatic rings. The monoisotopic (exact) mass is 195 g/mol. The molecule has 0 saturated heterocycles. The quantitative estimate of drug-likeness (QED) is 0.428. The third-order valence-corrected chi connectivity index (χ3v) is 1.64. The number of amides is 1. The molecule has 5 heteroatoms. The summed E-state index contributed by atoms with van der Waals surface area (Å²) in [6.07, 6.45) is 2.91. The van der Waals surface area contributed by atoms with E-state index in [0.717, 1.165) is 5.56 Å². The van der Waals surface area contributed by atoms with Crippen molar-refractivity contribution in [1.82, 2.24) is 10.4 Å². The summed E-state index contributed by atoms with van der Waals surface area (Å²) in [5, 5.41) is 3.59. The molecular weight excluding hydrogens is 182 g/mol. The van der Waals surface area contributed by atoms with E-state index in [-0.39, 0.29) is 5.91 Å². The van der Waals surface area contributed by atoms with Gasteiger partial charge in [-0.3, -0.25) is 4.79 Å². The van der Waals surface area contributed by atoms with E-state index in [1.165, 1.54) is 6.40 Å². The Labute approximate surface area is 82.2 Å². The highest BCUT2D eigenvalue weighted by Crippen LogP contribution is 2.03. The van der Waals surface area contributed by atoms with Crippen LogP contribution in [0.1, 0.15) is 23.0 Å². The zero-order valence-corrected chi connectivity index (χ0v) is 8.20. The van der Waals surface area contributed by atoms with Crippen molar-refractivity contribution in [3.63, 3.8) is 0 Å². The van der Waals surface area contributed by atoms with E-state index >= 15 is 0 Å². The summed E-state index contributed by atoms with van der Waals surface area (Å²) in [5.41, 5.74) is 3.73. The first kappa shape index (κ1) is 10.3. The fourth-order valence-electron chi connectivity index (χ4n) is 0.944. The molecule has 0 bridgehead atoms. The normalized spacial score (nSPS) is 10.4. The molecule has 0 saturated carbocycles. The van der Waals surface area contributed by atoms with Gasteiger partial charge in [0.15, 0.2) is 6.40 Å². The van der Waals surface area contributed by atoms with Crippen molar-refractivity contribution in [3.8, 4) is 0 Å². The standard InChI is InChI=1S/C9H13N3O2/c1-3-14-6-11-12-9(13)8-7(2)4-5-10-8/h4-6,10H,3H2,1-2H3,(H,12,13)/b11-6+. The van der Waals surface area contributed by atoms with Crippen molar-refractivity contribution >= 4 is 12.3 Å². The van der Waals surface area contributed by atoms with Crippen LogP contribution in [0.2, 0.25) is 0 Å². The fourth-order valence-corrected chi connectivity index (χ4v) is 0.944. The molecule has 14 heavy (non-hydrogen) atoms. The molecule has 1 rings (SSSR count). The van der Waals surface area contributed by atoms with Crippen LogP contribution in [0.4, 0.5) is 0 Å². The van der Waals surface area contributed by atoms with Gasteiger partial charge in [-0.15, -0.1) is 5.10 Å². The van der Waals surface area contributed by atoms with Crippen LogP contribution in [0.25, 0.3) is 0 Å². The second-order valence-corrected chi connectivity index (χ2v) is 2.67. The lowest BCUT2D eigenvalue weighted by Crippen LogP contribution is -2.19. The van der Waals surface area contributed by atoms with E-state index in [0.29, 0.717) is 12.3 Å². The van der Waals surface area contributed by atoms with E-state index in [9.17, 15) is 4.79 Å². The van der Waals surface area contributed by atoms with Crippen LogP contribution in [0.5, 0.6) is 0 Å². The van der Waals surface area contributed by atoms with Crippen LogP contribution in [0.15, 0.2) is 17.4 Å². The highest BCUT2D eigenvalue weighted by Gasteiger charge is 2.07. The topological polar surface area (TPSA) is 66.5 Å². The van der Waals surface area contributed by atoms with Gasteiger partial charge in [-0.2, -0.15) is 0 Å². The Morgan fingerprint density at radius 1 is 1.79 bits per heavy atom. The molecule has 0 unspecified atom stereocenters. The third kappa shape index (κ3) is 2.62. The lowest BCUT2D eigenvalue weighted by atomic mass is 10.3. The molecule has 2 N–H and O–H groups in total. The summed E-state index contributed by atoms with van der Waals surface area (Å²) >= 11 is 0. The van der Waals surface area contributed by atoms with Crippen molar-refractivity contribution in [2.24, 2.45) is 5.10 Å². The minimum atomic E-state index is -0.275. The highest BCUT2D eigenvalue weighted by atomic mass is 16.5. The minimum absolute atomic E-state index is 0.275. The first-order valence-electron chi connectivity index (χ1n) is 4.33. The van der Waals surface area contributed by atoms with E-state index in [4.69, 9.17) is 4.74 Å². The molecule has 5 nitrogen and oxygen atoms in total. The SMILES string of the molecule is CCO/C=N/NC(=O)c1[nH]ccc1C. The lowest BCUT2D eigenvalue weighted by Gasteiger charge is -1.98. The number of hydrogen-bond donors (Lipinski definition) is 2. The van der Waals surface area contributed by atoms with Crippen LogP contribution < -0.4 is 5.43 Å². The summed E-state index contributed by atoms with van der Waals surface area (Å²) in [6, 6.07) is 1.82. The Bertz CT molecular complexity index is 331. The van der Waals surface area contributed by atoms with Crippen LogP contribution in [-0.2, 0) is 4.74 Å². The number of hydrazone groups is 1. The molecule has 76 valence electrons. The van der Waals surface area contributed by atoms with Gasteiger partial charge < -0.3 is 9.72 Å². The van der Waals surface area contributed by atoms with Crippen molar-refractivity contribution < 1.29 is 9.53 Å². The van der Waals surface area contributed by atoms with Crippen molar-refractivity contribution in [2.45, 2.75) is 13.8 Å². The summed E-state index contributed by atoms with van der Waals surface area (Å²) < 4.78 is 4.81. The summed E-state index contributed by atoms with van der Waals surface area (Å²) in [7, 11) is 0. The minimum Gasteiger partial charge on any atom is -0.482 e. The lowest BCUT2D eigenvalue weighted by molar-refractivity contribution is 0.0948. The van der Waals surface area contributed by atoms with Crippen molar-refractivity contribution in [3.05, 3.63) is 23.5 Å². The van der Waals surface area contributed by atoms with E-state index in [2.05, 4.69) is 15.5 Å². The van der Waals surface area contributed by atoms with Gasteiger partial charge in [0.2, 0.25) is 0 Å². The maximum absolute atomic E-state index is 11.4. The average Bonchev–Trinajstić information content (AvgIpc) is 2.59. The van der Waals surface area contributed by atoms with Crippen LogP contribution in [-0.4, -0.2) is 23.9 Å². The van der Waals surface area contributed by atoms with Gasteiger partial charge in [0.05, 0.1) is 6.61 Å². The molecule has 0 aliphatic rings. The predicted octanol–water partition coefficient (Wildman–Crippen LogP) is 1.03. The van der Waals surface area contributed by atoms with Crippen molar-refractivity contribution in [2.75, 3.05) is 6.61 Å². The molecule has 1 amide bonds. The molecule has 1 aromatic heterocycles. The van der Waals surface area contributed by atoms with E-state index in [1.54, 1.807) is 6.20 Å². The van der Waals surface area contributed by atoms with Gasteiger partial charge >= 0.3 is 0 Å². The first-order valence-corrected chi connectivity index (χ1v) is 4.33. The molecular formula is C9H13N3O2. The Hall–Kier alpha value is -1.78. The maximum Gasteiger partial charge on any atom is 0.288 e. The molecule has 0 radical (unpaired) electrons. The smallest absolute Gasteiger partial charge is 0.288 e. The zero-order chi connectivity index (χ0) is 10.4. The number of rotatable bonds is 4. The maximum atomic E-state index is 11.4. The molecule has 0 fully saturated rings. The van der Waals surface area contributed by atoms with Crippen LogP contribution >= 0.6 is 0 Å². The number of nitrogens with zero attached hydrogens (tertiary/aromatic N) is 1. The third-order valence-electron chi connectivity index (χ3n) is 1.64. The fraction of sp³-hybridized carbons (Fsp3) is 0.333. The van der Waals surface area contributed by atoms with Gasteiger partial charge in [-0.25, -0.2) is 5.43 Å². The molecule has 1 heterocycles. The van der Waals surface area contributed by atoms with Crippen LogP contribution in [0, 0.1) is 6.92 Å². The first-order chi connectivity index (χ1) is 6.75. The molecule has 0 atom stereocenters. The predicted molar refractivity (Wildman–Crippen MR) is 53.1 cm³/mol. The van der Waals surface area contributed by atoms with E-state index < -0.39 is 0 Å². The number of ether oxygens (including phenoxy) is 1. The Morgan fingerprint density at radius 2 is 2.57 bits per heavy atom. The Kier molecular flexibility index (Phi) is 3.72. The summed E-state index contributed by atoms with van der Waals surface area (Å²) in [6.45, 7) is 4.21. The molecule has 0 aliphatic heterocycles. The molecule has 0 aliphatic carbocycles. The van der Waals surface area contributed by atoms with Crippen molar-refractivity contribution in [1.29, 1.82) is 0 Å². The number of nitrogens with one attached hydrogen (secondary N) is 2. The number of hydrogen-bond acceptors (Lipinski definition) is 3. The van der Waals surface area contributed by atoms with Crippen LogP contribution in [0.3, 0.4) is 0 Å². The van der Waals surface area contributed by atoms with Gasteiger partial charge in [0.25, 0.3) is 5.91 Å². The van der Waals surface area contributed by atoms with Gasteiger partial charge in [-0.1, -0.05) is 0 Å². The number of H-pyrrole nitrogens is 1. The molecule has 0 aromatic carbocycles. The van der Waals surface area contributed by atoms with Gasteiger partial charge in [0, 0.05) is 6.20 Å². The number of aromatic amines is 1. The number of aryl methyl sites for hydroxylation is 1. The largest absolute Gasteiger partial charge is 0.482 e. The summed E-state index contributed by atoms with van der Waals surface area (Å²) in [4.78, 5) is 14.2.